The van der Waals surface area contributed by atoms with Crippen LogP contribution in [-0.4, -0.2) is 50.5 Å². The van der Waals surface area contributed by atoms with Crippen molar-refractivity contribution in [2.45, 2.75) is 30.8 Å². The van der Waals surface area contributed by atoms with Crippen LogP contribution in [-0.2, 0) is 27.6 Å². The molecule has 3 aromatic rings. The lowest BCUT2D eigenvalue weighted by Gasteiger charge is -2.23. The molecule has 0 saturated heterocycles. The van der Waals surface area contributed by atoms with Gasteiger partial charge in [-0.2, -0.15) is 0 Å². The van der Waals surface area contributed by atoms with E-state index in [9.17, 15) is 22.8 Å². The number of nitrogens with one attached hydrogen (secondary N) is 3. The van der Waals surface area contributed by atoms with E-state index in [0.29, 0.717) is 41.0 Å². The fourth-order valence-corrected chi connectivity index (χ4v) is 5.38. The van der Waals surface area contributed by atoms with Crippen molar-refractivity contribution >= 4 is 39.1 Å². The molecular weight excluding hydrogens is 518 g/mol. The number of fused-ring (bicyclic) bond motifs is 9. The molecule has 1 unspecified atom stereocenters. The van der Waals surface area contributed by atoms with Gasteiger partial charge in [-0.25, -0.2) is 13.2 Å². The number of amides is 4. The van der Waals surface area contributed by atoms with E-state index < -0.39 is 27.7 Å². The number of urea groups is 1. The van der Waals surface area contributed by atoms with Crippen LogP contribution in [0.2, 0.25) is 0 Å². The van der Waals surface area contributed by atoms with E-state index in [1.807, 2.05) is 24.3 Å². The largest absolute Gasteiger partial charge is 0.370 e. The van der Waals surface area contributed by atoms with Gasteiger partial charge in [0.2, 0.25) is 11.8 Å². The number of carbonyl (C=O) groups excluding carboxylic acids is 3. The molecule has 4 bridgehead atoms. The van der Waals surface area contributed by atoms with Crippen molar-refractivity contribution in [2.75, 3.05) is 30.0 Å². The summed E-state index contributed by atoms with van der Waals surface area (Å²) in [6, 6.07) is 17.3. The molecule has 204 valence electrons. The van der Waals surface area contributed by atoms with Crippen molar-refractivity contribution in [1.82, 2.24) is 10.2 Å². The van der Waals surface area contributed by atoms with E-state index in [1.54, 1.807) is 49.2 Å². The summed E-state index contributed by atoms with van der Waals surface area (Å²) in [6.45, 7) is 1.90. The van der Waals surface area contributed by atoms with Gasteiger partial charge in [0.25, 0.3) is 0 Å². The maximum Gasteiger partial charge on any atom is 0.321 e. The van der Waals surface area contributed by atoms with Gasteiger partial charge in [0.1, 0.15) is 6.04 Å². The highest BCUT2D eigenvalue weighted by Crippen LogP contribution is 2.25. The van der Waals surface area contributed by atoms with E-state index in [4.69, 9.17) is 5.73 Å². The molecule has 0 aliphatic carbocycles. The zero-order chi connectivity index (χ0) is 28.2. The average molecular weight is 550 g/mol. The van der Waals surface area contributed by atoms with Gasteiger partial charge in [-0.15, -0.1) is 0 Å². The lowest BCUT2D eigenvalue weighted by molar-refractivity contribution is -0.122. The van der Waals surface area contributed by atoms with Crippen LogP contribution in [0.3, 0.4) is 0 Å². The van der Waals surface area contributed by atoms with Gasteiger partial charge in [-0.3, -0.25) is 9.59 Å². The minimum atomic E-state index is -3.60. The van der Waals surface area contributed by atoms with Crippen molar-refractivity contribution in [3.8, 4) is 0 Å². The SMILES string of the molecule is CCS(=O)(=O)c1ccc2cc1CNC(=O)C(Nc1cccc(C(N)=O)c1)c1ccc(cc1)CCN(C)C(=O)N2. The molecule has 5 N–H and O–H groups in total. The summed E-state index contributed by atoms with van der Waals surface area (Å²) in [5, 5.41) is 8.82. The smallest absolute Gasteiger partial charge is 0.321 e. The van der Waals surface area contributed by atoms with Crippen molar-refractivity contribution in [3.63, 3.8) is 0 Å². The topological polar surface area (TPSA) is 151 Å². The Labute approximate surface area is 227 Å². The number of carbonyl (C=O) groups is 3. The first-order valence-electron chi connectivity index (χ1n) is 12.5. The van der Waals surface area contributed by atoms with Crippen molar-refractivity contribution in [2.24, 2.45) is 5.73 Å². The Morgan fingerprint density at radius 3 is 2.51 bits per heavy atom. The van der Waals surface area contributed by atoms with Crippen LogP contribution in [0.5, 0.6) is 0 Å². The molecule has 2 aliphatic rings. The van der Waals surface area contributed by atoms with Crippen LogP contribution >= 0.6 is 0 Å². The van der Waals surface area contributed by atoms with Crippen LogP contribution in [0.15, 0.2) is 71.6 Å². The van der Waals surface area contributed by atoms with E-state index in [0.717, 1.165) is 5.56 Å². The molecule has 1 atom stereocenters. The zero-order valence-electron chi connectivity index (χ0n) is 21.7. The number of anilines is 2. The zero-order valence-corrected chi connectivity index (χ0v) is 22.5. The second-order valence-electron chi connectivity index (χ2n) is 9.31. The highest BCUT2D eigenvalue weighted by atomic mass is 32.2. The van der Waals surface area contributed by atoms with Gasteiger partial charge >= 0.3 is 6.03 Å². The molecule has 0 aromatic heterocycles. The normalized spacial score (nSPS) is 16.4. The Kier molecular flexibility index (Phi) is 8.20. The summed E-state index contributed by atoms with van der Waals surface area (Å²) in [7, 11) is -1.92. The quantitative estimate of drug-likeness (QED) is 0.384. The Hall–Kier alpha value is -4.38. The molecule has 10 nitrogen and oxygen atoms in total. The lowest BCUT2D eigenvalue weighted by Crippen LogP contribution is -2.34. The third-order valence-corrected chi connectivity index (χ3v) is 8.42. The van der Waals surface area contributed by atoms with Crippen LogP contribution in [0.1, 0.15) is 40.0 Å². The van der Waals surface area contributed by atoms with Crippen molar-refractivity contribution in [1.29, 1.82) is 0 Å². The minimum Gasteiger partial charge on any atom is -0.370 e. The molecule has 0 radical (unpaired) electrons. The molecule has 11 heteroatoms. The Morgan fingerprint density at radius 2 is 1.82 bits per heavy atom. The molecule has 39 heavy (non-hydrogen) atoms. The summed E-state index contributed by atoms with van der Waals surface area (Å²) in [5.41, 5.74) is 8.65. The molecule has 4 amide bonds. The lowest BCUT2D eigenvalue weighted by atomic mass is 10.0. The van der Waals surface area contributed by atoms with Gasteiger partial charge in [-0.05, 0) is 59.5 Å². The van der Waals surface area contributed by atoms with E-state index in [2.05, 4.69) is 16.0 Å². The number of hydrogen-bond acceptors (Lipinski definition) is 6. The van der Waals surface area contributed by atoms with Gasteiger partial charge in [0.15, 0.2) is 9.84 Å². The van der Waals surface area contributed by atoms with Gasteiger partial charge in [-0.1, -0.05) is 37.3 Å². The molecule has 2 aliphatic heterocycles. The maximum absolute atomic E-state index is 13.6. The molecular formula is C28H31N5O5S. The molecule has 0 fully saturated rings. The number of rotatable bonds is 5. The fraction of sp³-hybridized carbons (Fsp3) is 0.250. The first-order chi connectivity index (χ1) is 18.6. The standard InChI is InChI=1S/C28H31N5O5S/c1-3-39(37,38)24-12-11-23-16-21(24)17-30-27(35)25(31-22-6-4-5-20(15-22)26(29)34)19-9-7-18(8-10-19)13-14-33(2)28(36)32-23/h4-12,15-16,25,31H,3,13-14,17H2,1-2H3,(H2,29,34)(H,30,35)(H,32,36). The number of primary amides is 1. The van der Waals surface area contributed by atoms with Crippen LogP contribution in [0.4, 0.5) is 16.2 Å². The van der Waals surface area contributed by atoms with E-state index in [-0.39, 0.29) is 23.2 Å². The number of sulfone groups is 1. The fourth-order valence-electron chi connectivity index (χ4n) is 4.26. The predicted molar refractivity (Wildman–Crippen MR) is 149 cm³/mol. The average Bonchev–Trinajstić information content (AvgIpc) is 2.93. The van der Waals surface area contributed by atoms with Gasteiger partial charge in [0.05, 0.1) is 10.6 Å². The summed E-state index contributed by atoms with van der Waals surface area (Å²) in [4.78, 5) is 39.6. The monoisotopic (exact) mass is 549 g/mol. The number of nitrogens with zero attached hydrogens (tertiary/aromatic N) is 1. The third-order valence-electron chi connectivity index (χ3n) is 6.60. The number of likely N-dealkylation sites (N-methyl/N-ethyl adjacent to an activating group) is 1. The summed E-state index contributed by atoms with van der Waals surface area (Å²) >= 11 is 0. The maximum atomic E-state index is 13.6. The van der Waals surface area contributed by atoms with Crippen molar-refractivity contribution in [3.05, 3.63) is 89.0 Å². The molecule has 0 spiro atoms. The van der Waals surface area contributed by atoms with Crippen LogP contribution in [0.25, 0.3) is 0 Å². The second-order valence-corrected chi connectivity index (χ2v) is 11.6. The Balaban J connectivity index is 1.74. The Bertz CT molecular complexity index is 1500. The first kappa shape index (κ1) is 27.6. The summed E-state index contributed by atoms with van der Waals surface area (Å²) in [6.07, 6.45) is 0.591. The number of benzene rings is 3. The van der Waals surface area contributed by atoms with Crippen molar-refractivity contribution < 1.29 is 22.8 Å². The van der Waals surface area contributed by atoms with E-state index in [1.165, 1.54) is 12.1 Å². The predicted octanol–water partition coefficient (Wildman–Crippen LogP) is 3.07. The molecule has 5 rings (SSSR count). The first-order valence-corrected chi connectivity index (χ1v) is 14.1. The third kappa shape index (κ3) is 6.55. The highest BCUT2D eigenvalue weighted by Gasteiger charge is 2.24. The van der Waals surface area contributed by atoms with Crippen LogP contribution < -0.4 is 21.7 Å². The Morgan fingerprint density at radius 1 is 1.08 bits per heavy atom. The van der Waals surface area contributed by atoms with Crippen LogP contribution in [0, 0.1) is 0 Å². The number of nitrogens with two attached hydrogens (primary N) is 1. The van der Waals surface area contributed by atoms with Gasteiger partial charge in [0, 0.05) is 37.1 Å². The molecule has 0 saturated carbocycles. The highest BCUT2D eigenvalue weighted by molar-refractivity contribution is 7.91. The molecule has 2 heterocycles. The molecule has 3 aromatic carbocycles. The minimum absolute atomic E-state index is 0.0841. The summed E-state index contributed by atoms with van der Waals surface area (Å²) < 4.78 is 25.6. The summed E-state index contributed by atoms with van der Waals surface area (Å²) in [5.74, 6) is -1.12. The number of hydrogen-bond donors (Lipinski definition) is 4. The second kappa shape index (κ2) is 11.6. The van der Waals surface area contributed by atoms with Gasteiger partial charge < -0.3 is 26.6 Å². The van der Waals surface area contributed by atoms with E-state index >= 15 is 0 Å².